The second kappa shape index (κ2) is 7.04. The van der Waals surface area contributed by atoms with Crippen LogP contribution in [0.25, 0.3) is 22.3 Å². The standard InChI is InChI=1S/C25H27N3O3/c1-5-25(30)15(2)31-14-19-20(25)12-22-23-18(13-28(22)24(19)29)16(10-11-27(3)4)17-8-6-7-9-21(17)26-23/h6-9,12,30H,2,5,10-11,13-14H2,1,3-4H3/t25-/m1/s1. The third-order valence-corrected chi connectivity index (χ3v) is 6.69. The number of para-hydroxylation sites is 1. The molecule has 0 bridgehead atoms. The molecule has 0 saturated heterocycles. The number of pyridine rings is 2. The molecule has 2 aromatic heterocycles. The summed E-state index contributed by atoms with van der Waals surface area (Å²) < 4.78 is 7.38. The van der Waals surface area contributed by atoms with Gasteiger partial charge in [-0.3, -0.25) is 4.79 Å². The largest absolute Gasteiger partial charge is 0.490 e. The first-order valence-electron chi connectivity index (χ1n) is 10.7. The van der Waals surface area contributed by atoms with Gasteiger partial charge in [0.1, 0.15) is 18.0 Å². The van der Waals surface area contributed by atoms with Crippen LogP contribution in [0.5, 0.6) is 0 Å². The van der Waals surface area contributed by atoms with Crippen LogP contribution in [0, 0.1) is 0 Å². The predicted molar refractivity (Wildman–Crippen MR) is 121 cm³/mol. The molecule has 5 rings (SSSR count). The zero-order valence-electron chi connectivity index (χ0n) is 18.2. The summed E-state index contributed by atoms with van der Waals surface area (Å²) in [6.07, 6.45) is 1.26. The van der Waals surface area contributed by atoms with Gasteiger partial charge in [0, 0.05) is 23.1 Å². The minimum atomic E-state index is -1.37. The van der Waals surface area contributed by atoms with Crippen LogP contribution in [-0.4, -0.2) is 40.2 Å². The number of aromatic nitrogens is 2. The lowest BCUT2D eigenvalue weighted by Crippen LogP contribution is -2.38. The second-order valence-corrected chi connectivity index (χ2v) is 8.73. The predicted octanol–water partition coefficient (Wildman–Crippen LogP) is 3.17. The maximum Gasteiger partial charge on any atom is 0.258 e. The molecule has 0 radical (unpaired) electrons. The number of rotatable bonds is 4. The van der Waals surface area contributed by atoms with E-state index >= 15 is 0 Å². The Morgan fingerprint density at radius 1 is 1.29 bits per heavy atom. The molecule has 6 heteroatoms. The van der Waals surface area contributed by atoms with Crippen molar-refractivity contribution in [3.05, 3.63) is 75.3 Å². The van der Waals surface area contributed by atoms with E-state index in [1.165, 1.54) is 5.56 Å². The summed E-state index contributed by atoms with van der Waals surface area (Å²) in [5, 5.41) is 12.4. The first-order valence-corrected chi connectivity index (χ1v) is 10.7. The van der Waals surface area contributed by atoms with E-state index in [1.807, 2.05) is 31.2 Å². The molecule has 0 spiro atoms. The van der Waals surface area contributed by atoms with Gasteiger partial charge >= 0.3 is 0 Å². The third kappa shape index (κ3) is 2.86. The average Bonchev–Trinajstić information content (AvgIpc) is 3.13. The van der Waals surface area contributed by atoms with Crippen molar-refractivity contribution in [2.45, 2.75) is 38.5 Å². The average molecular weight is 418 g/mol. The van der Waals surface area contributed by atoms with Gasteiger partial charge in [-0.25, -0.2) is 4.98 Å². The molecule has 1 N–H and O–H groups in total. The summed E-state index contributed by atoms with van der Waals surface area (Å²) in [7, 11) is 4.13. The fourth-order valence-corrected chi connectivity index (χ4v) is 4.85. The third-order valence-electron chi connectivity index (χ3n) is 6.69. The van der Waals surface area contributed by atoms with Crippen LogP contribution in [0.15, 0.2) is 47.5 Å². The molecule has 0 unspecified atom stereocenters. The van der Waals surface area contributed by atoms with Gasteiger partial charge in [-0.05, 0) is 44.6 Å². The second-order valence-electron chi connectivity index (χ2n) is 8.73. The summed E-state index contributed by atoms with van der Waals surface area (Å²) in [5.41, 5.74) is 4.48. The van der Waals surface area contributed by atoms with Crippen molar-refractivity contribution >= 4 is 10.9 Å². The van der Waals surface area contributed by atoms with Crippen LogP contribution in [0.2, 0.25) is 0 Å². The number of fused-ring (bicyclic) bond motifs is 5. The molecular weight excluding hydrogens is 390 g/mol. The van der Waals surface area contributed by atoms with Crippen molar-refractivity contribution in [1.82, 2.24) is 14.5 Å². The number of hydrogen-bond acceptors (Lipinski definition) is 5. The maximum atomic E-state index is 13.5. The first-order chi connectivity index (χ1) is 14.8. The van der Waals surface area contributed by atoms with E-state index < -0.39 is 5.60 Å². The van der Waals surface area contributed by atoms with Crippen LogP contribution in [-0.2, 0) is 29.9 Å². The molecule has 6 nitrogen and oxygen atoms in total. The highest BCUT2D eigenvalue weighted by molar-refractivity contribution is 5.88. The topological polar surface area (TPSA) is 67.6 Å². The molecule has 1 aromatic carbocycles. The molecule has 0 aliphatic carbocycles. The minimum Gasteiger partial charge on any atom is -0.490 e. The van der Waals surface area contributed by atoms with E-state index in [1.54, 1.807) is 4.57 Å². The highest BCUT2D eigenvalue weighted by atomic mass is 16.5. The van der Waals surface area contributed by atoms with Crippen LogP contribution in [0.4, 0.5) is 0 Å². The van der Waals surface area contributed by atoms with Crippen LogP contribution in [0.3, 0.4) is 0 Å². The van der Waals surface area contributed by atoms with Gasteiger partial charge in [-0.2, -0.15) is 0 Å². The Morgan fingerprint density at radius 3 is 2.81 bits per heavy atom. The minimum absolute atomic E-state index is 0.118. The summed E-state index contributed by atoms with van der Waals surface area (Å²) >= 11 is 0. The van der Waals surface area contributed by atoms with E-state index in [0.717, 1.165) is 40.8 Å². The Labute approximate surface area is 181 Å². The normalized spacial score (nSPS) is 19.3. The number of nitrogens with zero attached hydrogens (tertiary/aromatic N) is 3. The van der Waals surface area contributed by atoms with Gasteiger partial charge < -0.3 is 19.3 Å². The van der Waals surface area contributed by atoms with Crippen molar-refractivity contribution in [3.63, 3.8) is 0 Å². The van der Waals surface area contributed by atoms with Crippen LogP contribution < -0.4 is 5.56 Å². The summed E-state index contributed by atoms with van der Waals surface area (Å²) in [6, 6.07) is 10.1. The van der Waals surface area contributed by atoms with Gasteiger partial charge in [0.05, 0.1) is 29.0 Å². The van der Waals surface area contributed by atoms with E-state index in [0.29, 0.717) is 29.9 Å². The number of aliphatic hydroxyl groups is 1. The van der Waals surface area contributed by atoms with Crippen molar-refractivity contribution in [3.8, 4) is 11.4 Å². The van der Waals surface area contributed by atoms with Gasteiger partial charge in [0.15, 0.2) is 0 Å². The van der Waals surface area contributed by atoms with E-state index in [4.69, 9.17) is 9.72 Å². The molecule has 0 amide bonds. The number of ether oxygens (including phenoxy) is 1. The lowest BCUT2D eigenvalue weighted by molar-refractivity contribution is -0.0172. The fraction of sp³-hybridized carbons (Fsp3) is 0.360. The summed E-state index contributed by atoms with van der Waals surface area (Å²) in [4.78, 5) is 20.6. The monoisotopic (exact) mass is 417 g/mol. The fourth-order valence-electron chi connectivity index (χ4n) is 4.85. The highest BCUT2D eigenvalue weighted by Gasteiger charge is 2.41. The lowest BCUT2D eigenvalue weighted by atomic mass is 9.84. The molecule has 2 aliphatic heterocycles. The Bertz CT molecular complexity index is 1290. The van der Waals surface area contributed by atoms with E-state index in [9.17, 15) is 9.90 Å². The molecular formula is C25H27N3O3. The molecule has 160 valence electrons. The Hall–Kier alpha value is -2.96. The molecule has 0 saturated carbocycles. The van der Waals surface area contributed by atoms with Crippen LogP contribution >= 0.6 is 0 Å². The Balaban J connectivity index is 1.77. The van der Waals surface area contributed by atoms with Crippen LogP contribution in [0.1, 0.15) is 35.6 Å². The molecule has 4 heterocycles. The molecule has 1 atom stereocenters. The van der Waals surface area contributed by atoms with Gasteiger partial charge in [0.25, 0.3) is 5.56 Å². The highest BCUT2D eigenvalue weighted by Crippen LogP contribution is 2.42. The van der Waals surface area contributed by atoms with Gasteiger partial charge in [-0.15, -0.1) is 0 Å². The summed E-state index contributed by atoms with van der Waals surface area (Å²) in [5.74, 6) is 0.295. The summed E-state index contributed by atoms with van der Waals surface area (Å²) in [6.45, 7) is 7.30. The van der Waals surface area contributed by atoms with Gasteiger partial charge in [-0.1, -0.05) is 31.7 Å². The maximum absolute atomic E-state index is 13.5. The molecule has 0 fully saturated rings. The quantitative estimate of drug-likeness (QED) is 0.552. The first kappa shape index (κ1) is 20.0. The number of hydrogen-bond donors (Lipinski definition) is 1. The molecule has 31 heavy (non-hydrogen) atoms. The zero-order valence-corrected chi connectivity index (χ0v) is 18.2. The molecule has 3 aromatic rings. The van der Waals surface area contributed by atoms with Gasteiger partial charge in [0.2, 0.25) is 0 Å². The zero-order chi connectivity index (χ0) is 21.9. The smallest absolute Gasteiger partial charge is 0.258 e. The number of benzene rings is 1. The van der Waals surface area contributed by atoms with Crippen molar-refractivity contribution in [2.24, 2.45) is 0 Å². The van der Waals surface area contributed by atoms with Crippen molar-refractivity contribution in [1.29, 1.82) is 0 Å². The van der Waals surface area contributed by atoms with Crippen molar-refractivity contribution < 1.29 is 9.84 Å². The molecule has 2 aliphatic rings. The Morgan fingerprint density at radius 2 is 2.06 bits per heavy atom. The van der Waals surface area contributed by atoms with E-state index in [2.05, 4.69) is 31.6 Å². The Kier molecular flexibility index (Phi) is 4.53. The van der Waals surface area contributed by atoms with Crippen molar-refractivity contribution in [2.75, 3.05) is 20.6 Å². The number of likely N-dealkylation sites (N-methyl/N-ethyl adjacent to an activating group) is 1. The lowest BCUT2D eigenvalue weighted by Gasteiger charge is -2.35. The van der Waals surface area contributed by atoms with E-state index in [-0.39, 0.29) is 12.2 Å². The SMILES string of the molecule is C=C1OCc2c(cc3n(c2=O)Cc2c-3nc3ccccc3c2CCN(C)C)[C@@]1(O)CC.